The Labute approximate surface area is 317 Å². The molecule has 0 aliphatic rings. The third-order valence-corrected chi connectivity index (χ3v) is 9.69. The predicted molar refractivity (Wildman–Crippen MR) is 230 cm³/mol. The lowest BCUT2D eigenvalue weighted by molar-refractivity contribution is 1.18. The molecule has 2 heterocycles. The van der Waals surface area contributed by atoms with E-state index in [4.69, 9.17) is 5.73 Å². The number of halogens is 1. The van der Waals surface area contributed by atoms with E-state index in [0.29, 0.717) is 0 Å². The van der Waals surface area contributed by atoms with E-state index in [1.807, 2.05) is 54.6 Å². The third kappa shape index (κ3) is 7.16. The molecule has 0 aliphatic carbocycles. The SMILES string of the molecule is Brc1ccc2c3ccccc3n(-c3ccccc3)c2c1.Nc1ccccc1.c1ccc(Nc2ccc3c4ccccc4n(-c4ccccc4)c3c2)cc1. The van der Waals surface area contributed by atoms with Crippen molar-refractivity contribution >= 4 is 76.6 Å². The second kappa shape index (κ2) is 15.4. The largest absolute Gasteiger partial charge is 0.399 e. The summed E-state index contributed by atoms with van der Waals surface area (Å²) >= 11 is 3.58. The number of hydrogen-bond acceptors (Lipinski definition) is 2. The van der Waals surface area contributed by atoms with Gasteiger partial charge in [-0.25, -0.2) is 0 Å². The fourth-order valence-corrected chi connectivity index (χ4v) is 7.19. The Morgan fingerprint density at radius 3 is 1.28 bits per heavy atom. The molecule has 0 spiro atoms. The van der Waals surface area contributed by atoms with Crippen LogP contribution in [0.2, 0.25) is 0 Å². The zero-order valence-corrected chi connectivity index (χ0v) is 30.6. The molecule has 10 rings (SSSR count). The van der Waals surface area contributed by atoms with E-state index in [2.05, 4.69) is 182 Å². The first-order valence-electron chi connectivity index (χ1n) is 17.6. The smallest absolute Gasteiger partial charge is 0.0561 e. The summed E-state index contributed by atoms with van der Waals surface area (Å²) in [6.45, 7) is 0. The molecule has 2 aromatic heterocycles. The summed E-state index contributed by atoms with van der Waals surface area (Å²) in [5.74, 6) is 0. The van der Waals surface area contributed by atoms with Crippen LogP contribution < -0.4 is 11.1 Å². The summed E-state index contributed by atoms with van der Waals surface area (Å²) in [5.41, 5.74) is 15.6. The van der Waals surface area contributed by atoms with Gasteiger partial charge >= 0.3 is 0 Å². The minimum absolute atomic E-state index is 0.822. The van der Waals surface area contributed by atoms with Crippen molar-refractivity contribution in [1.29, 1.82) is 0 Å². The maximum Gasteiger partial charge on any atom is 0.0561 e. The van der Waals surface area contributed by atoms with Crippen LogP contribution in [0.15, 0.2) is 211 Å². The third-order valence-electron chi connectivity index (χ3n) is 9.20. The van der Waals surface area contributed by atoms with E-state index in [1.54, 1.807) is 0 Å². The second-order valence-electron chi connectivity index (χ2n) is 12.7. The summed E-state index contributed by atoms with van der Waals surface area (Å²) in [4.78, 5) is 0. The molecule has 5 heteroatoms. The number of rotatable bonds is 4. The first-order chi connectivity index (χ1) is 26.1. The molecular formula is C48H37BrN4. The Hall–Kier alpha value is -6.56. The number of nitrogen functional groups attached to an aromatic ring is 1. The van der Waals surface area contributed by atoms with Crippen LogP contribution in [0.4, 0.5) is 17.1 Å². The van der Waals surface area contributed by atoms with E-state index in [0.717, 1.165) is 21.5 Å². The van der Waals surface area contributed by atoms with Crippen molar-refractivity contribution in [3.05, 3.63) is 211 Å². The molecule has 0 saturated carbocycles. The molecule has 256 valence electrons. The van der Waals surface area contributed by atoms with Gasteiger partial charge in [0.1, 0.15) is 0 Å². The zero-order chi connectivity index (χ0) is 36.0. The summed E-state index contributed by atoms with van der Waals surface area (Å²) in [7, 11) is 0. The Balaban J connectivity index is 0.000000131. The van der Waals surface area contributed by atoms with Gasteiger partial charge in [-0.15, -0.1) is 0 Å². The Morgan fingerprint density at radius 1 is 0.358 bits per heavy atom. The van der Waals surface area contributed by atoms with Crippen LogP contribution in [-0.2, 0) is 0 Å². The van der Waals surface area contributed by atoms with Crippen LogP contribution in [0.1, 0.15) is 0 Å². The lowest BCUT2D eigenvalue weighted by Crippen LogP contribution is -1.94. The van der Waals surface area contributed by atoms with Gasteiger partial charge in [0.05, 0.1) is 22.1 Å². The molecule has 0 fully saturated rings. The van der Waals surface area contributed by atoms with Crippen molar-refractivity contribution in [2.24, 2.45) is 0 Å². The standard InChI is InChI=1S/C24H18N2.C18H12BrN.C6H7N/c1-3-9-18(10-4-1)25-19-15-16-22-21-13-7-8-14-23(21)26(24(22)17-19)20-11-5-2-6-12-20;19-13-10-11-16-15-8-4-5-9-17(15)20(18(16)12-13)14-6-2-1-3-7-14;7-6-4-2-1-3-5-6/h1-17,25H;1-12H;1-5H,7H2. The maximum atomic E-state index is 5.36. The molecule has 0 saturated heterocycles. The van der Waals surface area contributed by atoms with Gasteiger partial charge in [0.15, 0.2) is 0 Å². The summed E-state index contributed by atoms with van der Waals surface area (Å²) < 4.78 is 5.75. The van der Waals surface area contributed by atoms with Crippen molar-refractivity contribution in [2.45, 2.75) is 0 Å². The highest BCUT2D eigenvalue weighted by Crippen LogP contribution is 2.35. The number of hydrogen-bond donors (Lipinski definition) is 2. The Kier molecular flexibility index (Phi) is 9.73. The van der Waals surface area contributed by atoms with Gasteiger partial charge in [-0.2, -0.15) is 0 Å². The average molecular weight is 750 g/mol. The molecular weight excluding hydrogens is 712 g/mol. The monoisotopic (exact) mass is 748 g/mol. The maximum absolute atomic E-state index is 5.36. The first kappa shape index (κ1) is 33.6. The molecule has 3 N–H and O–H groups in total. The fraction of sp³-hybridized carbons (Fsp3) is 0. The van der Waals surface area contributed by atoms with Gasteiger partial charge in [-0.05, 0) is 84.9 Å². The van der Waals surface area contributed by atoms with Gasteiger partial charge < -0.3 is 20.2 Å². The normalized spacial score (nSPS) is 10.8. The van der Waals surface area contributed by atoms with Gasteiger partial charge in [0.25, 0.3) is 0 Å². The number of fused-ring (bicyclic) bond motifs is 6. The topological polar surface area (TPSA) is 47.9 Å². The number of nitrogens with two attached hydrogens (primary N) is 1. The fourth-order valence-electron chi connectivity index (χ4n) is 6.84. The highest BCUT2D eigenvalue weighted by Gasteiger charge is 2.13. The number of anilines is 3. The number of para-hydroxylation sites is 6. The van der Waals surface area contributed by atoms with Crippen LogP contribution in [0, 0.1) is 0 Å². The number of benzene rings is 8. The quantitative estimate of drug-likeness (QED) is 0.176. The molecule has 0 unspecified atom stereocenters. The zero-order valence-electron chi connectivity index (χ0n) is 29.0. The van der Waals surface area contributed by atoms with Gasteiger partial charge in [0.2, 0.25) is 0 Å². The van der Waals surface area contributed by atoms with Gasteiger partial charge in [-0.3, -0.25) is 0 Å². The molecule has 0 bridgehead atoms. The Morgan fingerprint density at radius 2 is 0.774 bits per heavy atom. The summed E-state index contributed by atoms with van der Waals surface area (Å²) in [5, 5.41) is 8.62. The van der Waals surface area contributed by atoms with Crippen LogP contribution in [0.5, 0.6) is 0 Å². The van der Waals surface area contributed by atoms with E-state index >= 15 is 0 Å². The van der Waals surface area contributed by atoms with E-state index < -0.39 is 0 Å². The van der Waals surface area contributed by atoms with Crippen LogP contribution in [0.25, 0.3) is 55.0 Å². The average Bonchev–Trinajstić information content (AvgIpc) is 3.72. The van der Waals surface area contributed by atoms with E-state index in [9.17, 15) is 0 Å². The van der Waals surface area contributed by atoms with Crippen molar-refractivity contribution in [3.8, 4) is 11.4 Å². The minimum Gasteiger partial charge on any atom is -0.399 e. The summed E-state index contributed by atoms with van der Waals surface area (Å²) in [6.07, 6.45) is 0. The molecule has 4 nitrogen and oxygen atoms in total. The number of nitrogens with one attached hydrogen (secondary N) is 1. The van der Waals surface area contributed by atoms with Crippen molar-refractivity contribution in [2.75, 3.05) is 11.1 Å². The molecule has 0 radical (unpaired) electrons. The van der Waals surface area contributed by atoms with Gasteiger partial charge in [0, 0.05) is 54.5 Å². The summed E-state index contributed by atoms with van der Waals surface area (Å²) in [6, 6.07) is 71.0. The number of aromatic nitrogens is 2. The lowest BCUT2D eigenvalue weighted by Gasteiger charge is -2.10. The molecule has 0 aliphatic heterocycles. The Bertz CT molecular complexity index is 2760. The molecule has 8 aromatic carbocycles. The van der Waals surface area contributed by atoms with Crippen LogP contribution >= 0.6 is 15.9 Å². The van der Waals surface area contributed by atoms with Crippen LogP contribution in [0.3, 0.4) is 0 Å². The van der Waals surface area contributed by atoms with Crippen molar-refractivity contribution in [1.82, 2.24) is 9.13 Å². The highest BCUT2D eigenvalue weighted by molar-refractivity contribution is 9.10. The first-order valence-corrected chi connectivity index (χ1v) is 18.4. The van der Waals surface area contributed by atoms with Crippen LogP contribution in [-0.4, -0.2) is 9.13 Å². The molecule has 0 amide bonds. The molecule has 10 aromatic rings. The number of nitrogens with zero attached hydrogens (tertiary/aromatic N) is 2. The van der Waals surface area contributed by atoms with E-state index in [-0.39, 0.29) is 0 Å². The molecule has 53 heavy (non-hydrogen) atoms. The minimum atomic E-state index is 0.822. The lowest BCUT2D eigenvalue weighted by atomic mass is 10.1. The van der Waals surface area contributed by atoms with E-state index in [1.165, 1.54) is 55.0 Å². The predicted octanol–water partition coefficient (Wildman–Crippen LogP) is 13.3. The molecule has 0 atom stereocenters. The van der Waals surface area contributed by atoms with Crippen molar-refractivity contribution in [3.63, 3.8) is 0 Å². The van der Waals surface area contributed by atoms with Crippen molar-refractivity contribution < 1.29 is 0 Å². The second-order valence-corrected chi connectivity index (χ2v) is 13.6. The van der Waals surface area contributed by atoms with Gasteiger partial charge in [-0.1, -0.05) is 137 Å². The highest BCUT2D eigenvalue weighted by atomic mass is 79.9.